The third-order valence-corrected chi connectivity index (χ3v) is 3.27. The van der Waals surface area contributed by atoms with Crippen molar-refractivity contribution in [3.8, 4) is 5.75 Å². The minimum Gasteiger partial charge on any atom is -0.508 e. The van der Waals surface area contributed by atoms with Gasteiger partial charge in [0.15, 0.2) is 0 Å². The van der Waals surface area contributed by atoms with Gasteiger partial charge in [0.25, 0.3) is 0 Å². The van der Waals surface area contributed by atoms with Gasteiger partial charge in [-0.05, 0) is 32.5 Å². The number of nitrogens with one attached hydrogen (secondary N) is 1. The van der Waals surface area contributed by atoms with Crippen LogP contribution in [0.25, 0.3) is 0 Å². The molecule has 1 rings (SSSR count). The third kappa shape index (κ3) is 5.59. The lowest BCUT2D eigenvalue weighted by atomic mass is 10.1. The van der Waals surface area contributed by atoms with Crippen molar-refractivity contribution in [1.82, 2.24) is 10.2 Å². The summed E-state index contributed by atoms with van der Waals surface area (Å²) in [4.78, 5) is 2.22. The van der Waals surface area contributed by atoms with Crippen LogP contribution in [-0.4, -0.2) is 50.4 Å². The van der Waals surface area contributed by atoms with Gasteiger partial charge in [-0.15, -0.1) is 0 Å². The molecular weight excluding hydrogens is 240 g/mol. The van der Waals surface area contributed by atoms with Crippen molar-refractivity contribution >= 4 is 0 Å². The van der Waals surface area contributed by atoms with Gasteiger partial charge in [0, 0.05) is 38.3 Å². The largest absolute Gasteiger partial charge is 0.508 e. The molecule has 0 aliphatic heterocycles. The first-order valence-electron chi connectivity index (χ1n) is 6.75. The van der Waals surface area contributed by atoms with E-state index in [2.05, 4.69) is 24.2 Å². The predicted octanol–water partition coefficient (Wildman–Crippen LogP) is 1.93. The van der Waals surface area contributed by atoms with Crippen molar-refractivity contribution in [2.24, 2.45) is 0 Å². The summed E-state index contributed by atoms with van der Waals surface area (Å²) in [5, 5.41) is 13.3. The molecule has 0 fully saturated rings. The summed E-state index contributed by atoms with van der Waals surface area (Å²) < 4.78 is 5.04. The van der Waals surface area contributed by atoms with Crippen LogP contribution in [0.2, 0.25) is 0 Å². The summed E-state index contributed by atoms with van der Waals surface area (Å²) in [6.45, 7) is 7.58. The van der Waals surface area contributed by atoms with Gasteiger partial charge in [0.2, 0.25) is 0 Å². The number of methoxy groups -OCH3 is 1. The minimum atomic E-state index is 0.149. The number of phenols is 1. The van der Waals surface area contributed by atoms with E-state index < -0.39 is 0 Å². The zero-order valence-electron chi connectivity index (χ0n) is 12.4. The third-order valence-electron chi connectivity index (χ3n) is 3.27. The Balaban J connectivity index is 2.36. The molecule has 4 heteroatoms. The van der Waals surface area contributed by atoms with E-state index >= 15 is 0 Å². The first-order chi connectivity index (χ1) is 9.04. The number of phenolic OH excluding ortho intramolecular Hbond substituents is 1. The van der Waals surface area contributed by atoms with Crippen molar-refractivity contribution in [3.05, 3.63) is 29.3 Å². The molecule has 1 atom stereocenters. The second-order valence-corrected chi connectivity index (χ2v) is 5.03. The van der Waals surface area contributed by atoms with Crippen LogP contribution < -0.4 is 5.32 Å². The van der Waals surface area contributed by atoms with Gasteiger partial charge in [-0.2, -0.15) is 0 Å². The van der Waals surface area contributed by atoms with E-state index in [1.807, 2.05) is 19.1 Å². The standard InChI is InChI=1S/C15H26N2O2/c1-12-5-6-14(15(18)11-12)13(2)16-7-8-17(3)9-10-19-4/h5-6,11,13,16,18H,7-10H2,1-4H3. The van der Waals surface area contributed by atoms with Crippen molar-refractivity contribution in [2.45, 2.75) is 19.9 Å². The van der Waals surface area contributed by atoms with Crippen LogP contribution in [0.1, 0.15) is 24.1 Å². The van der Waals surface area contributed by atoms with Gasteiger partial charge in [-0.25, -0.2) is 0 Å². The first kappa shape index (κ1) is 16.0. The maximum Gasteiger partial charge on any atom is 0.120 e. The molecule has 1 unspecified atom stereocenters. The molecule has 0 spiro atoms. The fraction of sp³-hybridized carbons (Fsp3) is 0.600. The molecule has 0 aliphatic carbocycles. The van der Waals surface area contributed by atoms with Crippen LogP contribution in [0, 0.1) is 6.92 Å². The van der Waals surface area contributed by atoms with Gasteiger partial charge in [-0.3, -0.25) is 0 Å². The lowest BCUT2D eigenvalue weighted by Gasteiger charge is -2.20. The van der Waals surface area contributed by atoms with E-state index in [1.54, 1.807) is 13.2 Å². The molecule has 0 bridgehead atoms. The minimum absolute atomic E-state index is 0.149. The maximum absolute atomic E-state index is 9.92. The fourth-order valence-corrected chi connectivity index (χ4v) is 1.96. The number of hydrogen-bond donors (Lipinski definition) is 2. The molecule has 0 aromatic heterocycles. The SMILES string of the molecule is COCCN(C)CCNC(C)c1ccc(C)cc1O. The van der Waals surface area contributed by atoms with Crippen LogP contribution in [0.15, 0.2) is 18.2 Å². The molecule has 0 radical (unpaired) electrons. The van der Waals surface area contributed by atoms with Crippen molar-refractivity contribution < 1.29 is 9.84 Å². The Morgan fingerprint density at radius 3 is 2.74 bits per heavy atom. The monoisotopic (exact) mass is 266 g/mol. The Kier molecular flexibility index (Phi) is 6.84. The van der Waals surface area contributed by atoms with Crippen molar-refractivity contribution in [2.75, 3.05) is 40.4 Å². The summed E-state index contributed by atoms with van der Waals surface area (Å²) in [6, 6.07) is 5.96. The molecule has 0 saturated heterocycles. The van der Waals surface area contributed by atoms with Crippen molar-refractivity contribution in [1.29, 1.82) is 0 Å². The number of ether oxygens (including phenoxy) is 1. The lowest BCUT2D eigenvalue weighted by Crippen LogP contribution is -2.32. The van der Waals surface area contributed by atoms with Crippen LogP contribution in [-0.2, 0) is 4.74 Å². The van der Waals surface area contributed by atoms with E-state index in [1.165, 1.54) is 0 Å². The summed E-state index contributed by atoms with van der Waals surface area (Å²) in [5.74, 6) is 0.368. The van der Waals surface area contributed by atoms with E-state index in [9.17, 15) is 5.11 Å². The Labute approximate surface area is 116 Å². The average molecular weight is 266 g/mol. The Morgan fingerprint density at radius 1 is 1.37 bits per heavy atom. The molecular formula is C15H26N2O2. The van der Waals surface area contributed by atoms with Crippen LogP contribution in [0.4, 0.5) is 0 Å². The molecule has 1 aromatic rings. The van der Waals surface area contributed by atoms with Crippen LogP contribution in [0.5, 0.6) is 5.75 Å². The highest BCUT2D eigenvalue weighted by Crippen LogP contribution is 2.24. The van der Waals surface area contributed by atoms with Crippen LogP contribution >= 0.6 is 0 Å². The first-order valence-corrected chi connectivity index (χ1v) is 6.75. The quantitative estimate of drug-likeness (QED) is 0.754. The smallest absolute Gasteiger partial charge is 0.120 e. The van der Waals surface area contributed by atoms with E-state index in [4.69, 9.17) is 4.74 Å². The number of aryl methyl sites for hydroxylation is 1. The summed E-state index contributed by atoms with van der Waals surface area (Å²) in [5.41, 5.74) is 2.03. The van der Waals surface area contributed by atoms with E-state index in [0.29, 0.717) is 5.75 Å². The Bertz CT molecular complexity index is 382. The number of nitrogens with zero attached hydrogens (tertiary/aromatic N) is 1. The molecule has 4 nitrogen and oxygen atoms in total. The zero-order valence-corrected chi connectivity index (χ0v) is 12.4. The van der Waals surface area contributed by atoms with Gasteiger partial charge in [0.1, 0.15) is 5.75 Å². The second-order valence-electron chi connectivity index (χ2n) is 5.03. The fourth-order valence-electron chi connectivity index (χ4n) is 1.96. The number of hydrogen-bond acceptors (Lipinski definition) is 4. The summed E-state index contributed by atoms with van der Waals surface area (Å²) >= 11 is 0. The molecule has 0 amide bonds. The number of likely N-dealkylation sites (N-methyl/N-ethyl adjacent to an activating group) is 1. The van der Waals surface area contributed by atoms with Gasteiger partial charge in [-0.1, -0.05) is 12.1 Å². The van der Waals surface area contributed by atoms with Crippen LogP contribution in [0.3, 0.4) is 0 Å². The highest BCUT2D eigenvalue weighted by molar-refractivity contribution is 5.37. The maximum atomic E-state index is 9.92. The van der Waals surface area contributed by atoms with Gasteiger partial charge in [0.05, 0.1) is 6.61 Å². The molecule has 19 heavy (non-hydrogen) atoms. The average Bonchev–Trinajstić information content (AvgIpc) is 2.36. The summed E-state index contributed by atoms with van der Waals surface area (Å²) in [6.07, 6.45) is 0. The van der Waals surface area contributed by atoms with E-state index in [-0.39, 0.29) is 6.04 Å². The second kappa shape index (κ2) is 8.15. The normalized spacial score (nSPS) is 12.9. The predicted molar refractivity (Wildman–Crippen MR) is 78.6 cm³/mol. The number of rotatable bonds is 8. The molecule has 108 valence electrons. The zero-order chi connectivity index (χ0) is 14.3. The van der Waals surface area contributed by atoms with E-state index in [0.717, 1.165) is 37.4 Å². The highest BCUT2D eigenvalue weighted by Gasteiger charge is 2.09. The number of benzene rings is 1. The molecule has 0 saturated carbocycles. The lowest BCUT2D eigenvalue weighted by molar-refractivity contribution is 0.161. The number of aromatic hydroxyl groups is 1. The Hall–Kier alpha value is -1.10. The molecule has 0 aliphatic rings. The molecule has 1 aromatic carbocycles. The Morgan fingerprint density at radius 2 is 2.11 bits per heavy atom. The highest BCUT2D eigenvalue weighted by atomic mass is 16.5. The molecule has 2 N–H and O–H groups in total. The topological polar surface area (TPSA) is 44.7 Å². The summed E-state index contributed by atoms with van der Waals surface area (Å²) in [7, 11) is 3.79. The molecule has 0 heterocycles. The van der Waals surface area contributed by atoms with Crippen molar-refractivity contribution in [3.63, 3.8) is 0 Å². The van der Waals surface area contributed by atoms with Gasteiger partial charge >= 0.3 is 0 Å². The van der Waals surface area contributed by atoms with Gasteiger partial charge < -0.3 is 20.1 Å².